The molecule has 8 nitrogen and oxygen atoms in total. The van der Waals surface area contributed by atoms with E-state index in [4.69, 9.17) is 0 Å². The van der Waals surface area contributed by atoms with E-state index in [1.165, 1.54) is 21.1 Å². The van der Waals surface area contributed by atoms with Crippen molar-refractivity contribution in [2.24, 2.45) is 0 Å². The molecule has 1 amide bonds. The maximum atomic E-state index is 12.8. The topological polar surface area (TPSA) is 84.5 Å². The summed E-state index contributed by atoms with van der Waals surface area (Å²) in [6.45, 7) is 6.82. The molecule has 0 radical (unpaired) electrons. The van der Waals surface area contributed by atoms with Gasteiger partial charge in [0.25, 0.3) is 5.56 Å². The van der Waals surface area contributed by atoms with Crippen LogP contribution in [0.4, 0.5) is 0 Å². The second-order valence-corrected chi connectivity index (χ2v) is 7.73. The smallest absolute Gasteiger partial charge is 0.293 e. The van der Waals surface area contributed by atoms with E-state index in [1.807, 2.05) is 12.1 Å². The van der Waals surface area contributed by atoms with Crippen molar-refractivity contribution >= 4 is 11.4 Å². The Morgan fingerprint density at radius 1 is 1.23 bits per heavy atom. The molecule has 1 unspecified atom stereocenters. The quantitative estimate of drug-likeness (QED) is 0.644. The minimum absolute atomic E-state index is 0.0973. The molecule has 1 fully saturated rings. The van der Waals surface area contributed by atoms with Crippen molar-refractivity contribution in [3.05, 3.63) is 52.6 Å². The second-order valence-electron chi connectivity index (χ2n) is 7.73. The van der Waals surface area contributed by atoms with E-state index in [-0.39, 0.29) is 18.0 Å². The van der Waals surface area contributed by atoms with Crippen LogP contribution in [-0.4, -0.2) is 55.9 Å². The molecule has 2 aromatic heterocycles. The lowest BCUT2D eigenvalue weighted by Gasteiger charge is -2.22. The third kappa shape index (κ3) is 4.14. The Bertz CT molecular complexity index is 1090. The van der Waals surface area contributed by atoms with E-state index >= 15 is 0 Å². The van der Waals surface area contributed by atoms with Crippen LogP contribution in [0.1, 0.15) is 32.3 Å². The van der Waals surface area contributed by atoms with Crippen LogP contribution in [0.15, 0.2) is 41.5 Å². The van der Waals surface area contributed by atoms with Gasteiger partial charge in [0, 0.05) is 18.2 Å². The fraction of sp³-hybridized carbons (Fsp3) is 0.455. The van der Waals surface area contributed by atoms with E-state index in [0.717, 1.165) is 37.9 Å². The Morgan fingerprint density at radius 3 is 2.77 bits per heavy atom. The number of carbonyl (C=O) groups excluding carboxylic acids is 1. The molecule has 1 aliphatic rings. The molecule has 0 bridgehead atoms. The summed E-state index contributed by atoms with van der Waals surface area (Å²) < 4.78 is 2.67. The summed E-state index contributed by atoms with van der Waals surface area (Å²) in [5.74, 6) is -0.202. The molecule has 3 heterocycles. The Kier molecular flexibility index (Phi) is 5.94. The molecular weight excluding hydrogens is 380 g/mol. The van der Waals surface area contributed by atoms with E-state index in [9.17, 15) is 9.59 Å². The molecule has 158 valence electrons. The van der Waals surface area contributed by atoms with Gasteiger partial charge in [0.1, 0.15) is 18.4 Å². The lowest BCUT2D eigenvalue weighted by Crippen LogP contribution is -2.42. The van der Waals surface area contributed by atoms with Crippen molar-refractivity contribution in [3.8, 4) is 11.3 Å². The van der Waals surface area contributed by atoms with Gasteiger partial charge in [-0.15, -0.1) is 0 Å². The molecule has 1 aromatic carbocycles. The molecule has 0 saturated carbocycles. The van der Waals surface area contributed by atoms with E-state index in [0.29, 0.717) is 23.8 Å². The minimum atomic E-state index is -0.326. The van der Waals surface area contributed by atoms with Gasteiger partial charge in [-0.1, -0.05) is 38.1 Å². The van der Waals surface area contributed by atoms with Gasteiger partial charge >= 0.3 is 0 Å². The Hall–Kier alpha value is -3.00. The molecule has 1 saturated heterocycles. The van der Waals surface area contributed by atoms with Gasteiger partial charge in [0.15, 0.2) is 0 Å². The number of rotatable bonds is 7. The molecular formula is C22H28N6O2. The number of hydrogen-bond acceptors (Lipinski definition) is 5. The fourth-order valence-electron chi connectivity index (χ4n) is 4.07. The summed E-state index contributed by atoms with van der Waals surface area (Å²) in [5.41, 5.74) is 2.97. The molecule has 1 N–H and O–H groups in total. The second kappa shape index (κ2) is 8.79. The predicted molar refractivity (Wildman–Crippen MR) is 115 cm³/mol. The van der Waals surface area contributed by atoms with Gasteiger partial charge in [0.05, 0.1) is 5.69 Å². The number of amides is 1. The zero-order valence-electron chi connectivity index (χ0n) is 17.5. The zero-order valence-corrected chi connectivity index (χ0v) is 17.5. The lowest BCUT2D eigenvalue weighted by atomic mass is 10.1. The van der Waals surface area contributed by atoms with Crippen molar-refractivity contribution in [3.63, 3.8) is 0 Å². The van der Waals surface area contributed by atoms with Gasteiger partial charge < -0.3 is 5.32 Å². The first kappa shape index (κ1) is 20.3. The molecule has 30 heavy (non-hydrogen) atoms. The third-order valence-corrected chi connectivity index (χ3v) is 5.88. The van der Waals surface area contributed by atoms with Crippen LogP contribution in [0.2, 0.25) is 0 Å². The van der Waals surface area contributed by atoms with Crippen LogP contribution in [-0.2, 0) is 17.8 Å². The Labute approximate surface area is 175 Å². The summed E-state index contributed by atoms with van der Waals surface area (Å²) in [4.78, 5) is 27.6. The van der Waals surface area contributed by atoms with Gasteiger partial charge in [-0.2, -0.15) is 10.2 Å². The molecule has 0 aliphatic carbocycles. The highest BCUT2D eigenvalue weighted by Gasteiger charge is 2.23. The average molecular weight is 409 g/mol. The number of nitrogens with zero attached hydrogens (tertiary/aromatic N) is 5. The van der Waals surface area contributed by atoms with Gasteiger partial charge in [0.2, 0.25) is 5.91 Å². The number of nitrogens with one attached hydrogen (secondary N) is 1. The van der Waals surface area contributed by atoms with Crippen molar-refractivity contribution < 1.29 is 4.79 Å². The first-order valence-electron chi connectivity index (χ1n) is 10.6. The van der Waals surface area contributed by atoms with Crippen LogP contribution >= 0.6 is 0 Å². The largest absolute Gasteiger partial charge is 0.353 e. The number of likely N-dealkylation sites (tertiary alicyclic amines) is 1. The first-order valence-corrected chi connectivity index (χ1v) is 10.6. The number of carbonyl (C=O) groups is 1. The van der Waals surface area contributed by atoms with E-state index in [2.05, 4.69) is 46.4 Å². The first-order chi connectivity index (χ1) is 14.6. The van der Waals surface area contributed by atoms with Crippen LogP contribution in [0.5, 0.6) is 0 Å². The number of benzene rings is 1. The number of likely N-dealkylation sites (N-methyl/N-ethyl adjacent to an activating group) is 1. The lowest BCUT2D eigenvalue weighted by molar-refractivity contribution is -0.122. The van der Waals surface area contributed by atoms with Crippen LogP contribution in [0.3, 0.4) is 0 Å². The van der Waals surface area contributed by atoms with Crippen molar-refractivity contribution in [1.29, 1.82) is 0 Å². The molecule has 1 aliphatic heterocycles. The summed E-state index contributed by atoms with van der Waals surface area (Å²) in [5, 5.41) is 11.5. The monoisotopic (exact) mass is 408 g/mol. The maximum absolute atomic E-state index is 12.8. The normalized spacial score (nSPS) is 16.9. The van der Waals surface area contributed by atoms with Crippen molar-refractivity contribution in [1.82, 2.24) is 29.6 Å². The average Bonchev–Trinajstić information content (AvgIpc) is 3.41. The van der Waals surface area contributed by atoms with Crippen molar-refractivity contribution in [2.45, 2.75) is 45.7 Å². The highest BCUT2D eigenvalue weighted by atomic mass is 16.2. The SMILES string of the molecule is CCc1ccc(-c2cc3c(=O)n(CC(=O)NCC4CCCN4CC)ncn3n2)cc1. The number of hydrogen-bond donors (Lipinski definition) is 1. The fourth-order valence-corrected chi connectivity index (χ4v) is 4.07. The molecule has 4 rings (SSSR count). The van der Waals surface area contributed by atoms with E-state index < -0.39 is 0 Å². The standard InChI is InChI=1S/C22H28N6O2/c1-3-16-7-9-17(10-8-16)19-12-20-22(30)27(24-15-28(20)25-19)14-21(29)23-13-18-6-5-11-26(18)4-2/h7-10,12,15,18H,3-6,11,13-14H2,1-2H3,(H,23,29). The Morgan fingerprint density at radius 2 is 2.03 bits per heavy atom. The summed E-state index contributed by atoms with van der Waals surface area (Å²) in [6, 6.07) is 10.2. The number of aromatic nitrogens is 4. The van der Waals surface area contributed by atoms with Gasteiger partial charge in [-0.05, 0) is 44.0 Å². The zero-order chi connectivity index (χ0) is 21.1. The van der Waals surface area contributed by atoms with Crippen molar-refractivity contribution in [2.75, 3.05) is 19.6 Å². The minimum Gasteiger partial charge on any atom is -0.353 e. The highest BCUT2D eigenvalue weighted by molar-refractivity contribution is 5.75. The summed E-state index contributed by atoms with van der Waals surface area (Å²) in [7, 11) is 0. The van der Waals surface area contributed by atoms with Crippen LogP contribution < -0.4 is 10.9 Å². The van der Waals surface area contributed by atoms with Crippen LogP contribution in [0, 0.1) is 0 Å². The molecule has 3 aromatic rings. The number of fused-ring (bicyclic) bond motifs is 1. The summed E-state index contributed by atoms with van der Waals surface area (Å²) >= 11 is 0. The van der Waals surface area contributed by atoms with Gasteiger partial charge in [-0.25, -0.2) is 9.20 Å². The number of aryl methyl sites for hydroxylation is 1. The molecule has 8 heteroatoms. The van der Waals surface area contributed by atoms with Crippen LogP contribution in [0.25, 0.3) is 16.8 Å². The maximum Gasteiger partial charge on any atom is 0.293 e. The molecule has 0 spiro atoms. The summed E-state index contributed by atoms with van der Waals surface area (Å²) in [6.07, 6.45) is 4.70. The molecule has 1 atom stereocenters. The van der Waals surface area contributed by atoms with Gasteiger partial charge in [-0.3, -0.25) is 14.5 Å². The highest BCUT2D eigenvalue weighted by Crippen LogP contribution is 2.19. The third-order valence-electron chi connectivity index (χ3n) is 5.88. The predicted octanol–water partition coefficient (Wildman–Crippen LogP) is 1.72. The van der Waals surface area contributed by atoms with E-state index in [1.54, 1.807) is 6.07 Å². The Balaban J connectivity index is 1.47.